The number of carbonyl (C=O) groups excluding carboxylic acids is 1. The lowest BCUT2D eigenvalue weighted by molar-refractivity contribution is -0.117. The van der Waals surface area contributed by atoms with Crippen LogP contribution in [0.1, 0.15) is 111 Å². The molecule has 0 heterocycles. The van der Waals surface area contributed by atoms with E-state index in [1.807, 2.05) is 0 Å². The van der Waals surface area contributed by atoms with Gasteiger partial charge >= 0.3 is 0 Å². The quantitative estimate of drug-likeness (QED) is 0.235. The first kappa shape index (κ1) is 20.4. The lowest BCUT2D eigenvalue weighted by Crippen LogP contribution is -1.89. The van der Waals surface area contributed by atoms with Crippen molar-refractivity contribution in [3.05, 3.63) is 11.6 Å². The molecule has 0 N–H and O–H groups in total. The maximum absolute atomic E-state index is 10.8. The number of unbranched alkanes of at least 4 members (excludes halogenated alkanes) is 10. The molecule has 124 valence electrons. The van der Waals surface area contributed by atoms with Crippen molar-refractivity contribution >= 4 is 5.78 Å². The zero-order valence-corrected chi connectivity index (χ0v) is 14.9. The van der Waals surface area contributed by atoms with E-state index in [1.165, 1.54) is 77.0 Å². The van der Waals surface area contributed by atoms with E-state index in [0.29, 0.717) is 5.78 Å². The predicted octanol–water partition coefficient (Wildman–Crippen LogP) is 7.00. The van der Waals surface area contributed by atoms with Gasteiger partial charge in [0.25, 0.3) is 0 Å². The van der Waals surface area contributed by atoms with Gasteiger partial charge in [-0.05, 0) is 46.0 Å². The molecule has 0 aliphatic rings. The van der Waals surface area contributed by atoms with E-state index in [-0.39, 0.29) is 0 Å². The Labute approximate surface area is 133 Å². The van der Waals surface area contributed by atoms with E-state index < -0.39 is 0 Å². The third-order valence-corrected chi connectivity index (χ3v) is 4.15. The molecule has 0 radical (unpaired) electrons. The summed E-state index contributed by atoms with van der Waals surface area (Å²) in [6.45, 7) is 6.25. The summed E-state index contributed by atoms with van der Waals surface area (Å²) in [5.74, 6) is 0.337. The van der Waals surface area contributed by atoms with Crippen LogP contribution in [-0.4, -0.2) is 5.78 Å². The molecule has 0 saturated carbocycles. The standard InChI is InChI=1S/C20H38O/c1-4-5-6-7-8-10-13-16-19(2)17-14-11-9-12-15-18-20(3)21/h16H,4-15,17-18H2,1-3H3/b19-16-. The fourth-order valence-corrected chi connectivity index (χ4v) is 2.68. The molecule has 0 aliphatic carbocycles. The van der Waals surface area contributed by atoms with Gasteiger partial charge < -0.3 is 4.79 Å². The Balaban J connectivity index is 3.30. The van der Waals surface area contributed by atoms with Crippen LogP contribution in [0.3, 0.4) is 0 Å². The summed E-state index contributed by atoms with van der Waals surface area (Å²) in [4.78, 5) is 10.8. The molecule has 0 aromatic heterocycles. The number of Topliss-reactive ketones (excluding diaryl/α,β-unsaturated/α-hetero) is 1. The first-order valence-corrected chi connectivity index (χ1v) is 9.32. The maximum atomic E-state index is 10.8. The van der Waals surface area contributed by atoms with Crippen molar-refractivity contribution in [2.24, 2.45) is 0 Å². The molecule has 0 unspecified atom stereocenters. The first-order chi connectivity index (χ1) is 10.2. The molecule has 0 aromatic carbocycles. The summed E-state index contributed by atoms with van der Waals surface area (Å²) >= 11 is 0. The third kappa shape index (κ3) is 17.4. The summed E-state index contributed by atoms with van der Waals surface area (Å²) in [5.41, 5.74) is 1.58. The number of hydrogen-bond donors (Lipinski definition) is 0. The fourth-order valence-electron chi connectivity index (χ4n) is 2.68. The summed E-state index contributed by atoms with van der Waals surface area (Å²) in [6, 6.07) is 0. The third-order valence-electron chi connectivity index (χ3n) is 4.15. The fraction of sp³-hybridized carbons (Fsp3) is 0.850. The molecule has 0 amide bonds. The highest BCUT2D eigenvalue weighted by atomic mass is 16.1. The molecule has 0 aliphatic heterocycles. The summed E-state index contributed by atoms with van der Waals surface area (Å²) in [6.07, 6.45) is 20.4. The van der Waals surface area contributed by atoms with Crippen LogP contribution in [0.2, 0.25) is 0 Å². The lowest BCUT2D eigenvalue weighted by Gasteiger charge is -2.03. The summed E-state index contributed by atoms with van der Waals surface area (Å²) < 4.78 is 0. The molecular formula is C20H38O. The predicted molar refractivity (Wildman–Crippen MR) is 94.8 cm³/mol. The zero-order valence-electron chi connectivity index (χ0n) is 14.9. The van der Waals surface area contributed by atoms with Crippen molar-refractivity contribution in [2.45, 2.75) is 111 Å². The lowest BCUT2D eigenvalue weighted by atomic mass is 10.0. The Kier molecular flexibility index (Phi) is 15.3. The molecule has 0 spiro atoms. The van der Waals surface area contributed by atoms with E-state index in [0.717, 1.165) is 12.8 Å². The van der Waals surface area contributed by atoms with Crippen molar-refractivity contribution < 1.29 is 4.79 Å². The van der Waals surface area contributed by atoms with Gasteiger partial charge in [0.05, 0.1) is 0 Å². The van der Waals surface area contributed by atoms with E-state index in [2.05, 4.69) is 19.9 Å². The van der Waals surface area contributed by atoms with Gasteiger partial charge in [0.1, 0.15) is 5.78 Å². The number of carbonyl (C=O) groups is 1. The van der Waals surface area contributed by atoms with Gasteiger partial charge in [-0.3, -0.25) is 0 Å². The number of rotatable bonds is 15. The Hall–Kier alpha value is -0.590. The Bertz CT molecular complexity index is 265. The van der Waals surface area contributed by atoms with Gasteiger partial charge in [0.15, 0.2) is 0 Å². The smallest absolute Gasteiger partial charge is 0.129 e. The van der Waals surface area contributed by atoms with Crippen LogP contribution < -0.4 is 0 Å². The van der Waals surface area contributed by atoms with Gasteiger partial charge in [-0.2, -0.15) is 0 Å². The van der Waals surface area contributed by atoms with Crippen molar-refractivity contribution in [3.8, 4) is 0 Å². The highest BCUT2D eigenvalue weighted by Crippen LogP contribution is 2.14. The van der Waals surface area contributed by atoms with Crippen molar-refractivity contribution in [1.29, 1.82) is 0 Å². The number of hydrogen-bond acceptors (Lipinski definition) is 1. The van der Waals surface area contributed by atoms with Crippen LogP contribution in [-0.2, 0) is 4.79 Å². The molecular weight excluding hydrogens is 256 g/mol. The molecule has 1 nitrogen and oxygen atoms in total. The van der Waals surface area contributed by atoms with Crippen LogP contribution >= 0.6 is 0 Å². The molecule has 0 aromatic rings. The van der Waals surface area contributed by atoms with E-state index in [9.17, 15) is 4.79 Å². The van der Waals surface area contributed by atoms with Crippen LogP contribution in [0.15, 0.2) is 11.6 Å². The molecule has 0 bridgehead atoms. The second-order valence-electron chi connectivity index (χ2n) is 6.58. The highest BCUT2D eigenvalue weighted by Gasteiger charge is 1.96. The molecule has 1 heteroatoms. The molecule has 0 atom stereocenters. The minimum atomic E-state index is 0.337. The SMILES string of the molecule is CCCCCCCC/C=C(/C)CCCCCCCC(C)=O. The Morgan fingerprint density at radius 1 is 0.714 bits per heavy atom. The van der Waals surface area contributed by atoms with Gasteiger partial charge in [0, 0.05) is 6.42 Å². The van der Waals surface area contributed by atoms with E-state index in [1.54, 1.807) is 12.5 Å². The average Bonchev–Trinajstić information content (AvgIpc) is 2.45. The number of allylic oxidation sites excluding steroid dienone is 2. The Morgan fingerprint density at radius 2 is 1.24 bits per heavy atom. The van der Waals surface area contributed by atoms with Crippen molar-refractivity contribution in [1.82, 2.24) is 0 Å². The van der Waals surface area contributed by atoms with Gasteiger partial charge in [0.2, 0.25) is 0 Å². The number of ketones is 1. The van der Waals surface area contributed by atoms with E-state index >= 15 is 0 Å². The van der Waals surface area contributed by atoms with Crippen LogP contribution in [0.4, 0.5) is 0 Å². The van der Waals surface area contributed by atoms with Gasteiger partial charge in [-0.15, -0.1) is 0 Å². The largest absolute Gasteiger partial charge is 0.300 e. The first-order valence-electron chi connectivity index (χ1n) is 9.32. The second kappa shape index (κ2) is 15.8. The minimum Gasteiger partial charge on any atom is -0.300 e. The minimum absolute atomic E-state index is 0.337. The summed E-state index contributed by atoms with van der Waals surface area (Å²) in [5, 5.41) is 0. The monoisotopic (exact) mass is 294 g/mol. The highest BCUT2D eigenvalue weighted by molar-refractivity contribution is 5.75. The molecule has 0 rings (SSSR count). The molecule has 0 saturated heterocycles. The van der Waals surface area contributed by atoms with Crippen LogP contribution in [0.25, 0.3) is 0 Å². The van der Waals surface area contributed by atoms with Crippen LogP contribution in [0, 0.1) is 0 Å². The second-order valence-corrected chi connectivity index (χ2v) is 6.58. The molecule has 21 heavy (non-hydrogen) atoms. The normalized spacial score (nSPS) is 11.9. The topological polar surface area (TPSA) is 17.1 Å². The zero-order chi connectivity index (χ0) is 15.8. The van der Waals surface area contributed by atoms with Gasteiger partial charge in [-0.25, -0.2) is 0 Å². The van der Waals surface area contributed by atoms with Gasteiger partial charge in [-0.1, -0.05) is 69.9 Å². The molecule has 0 fully saturated rings. The maximum Gasteiger partial charge on any atom is 0.129 e. The van der Waals surface area contributed by atoms with Crippen molar-refractivity contribution in [3.63, 3.8) is 0 Å². The Morgan fingerprint density at radius 3 is 1.86 bits per heavy atom. The van der Waals surface area contributed by atoms with Crippen molar-refractivity contribution in [2.75, 3.05) is 0 Å². The average molecular weight is 295 g/mol. The van der Waals surface area contributed by atoms with E-state index in [4.69, 9.17) is 0 Å². The summed E-state index contributed by atoms with van der Waals surface area (Å²) in [7, 11) is 0. The van der Waals surface area contributed by atoms with Crippen LogP contribution in [0.5, 0.6) is 0 Å².